The third-order valence-electron chi connectivity index (χ3n) is 7.83. The standard InChI is InChI=1S/C30H44N6O12/c37-21-31-13-7-1-4-10-16-34-26(40)35(17-11-5-2-8-14-32-24(38)22-19-45-29(43)47-22)28(42)36(27(34)41)18-12-6-3-9-15-33-25(39)23-20-46-30(44)48-23/h22-23H,1-20H2,(H,32,38)(H,33,39). The van der Waals surface area contributed by atoms with Gasteiger partial charge in [-0.2, -0.15) is 0 Å². The van der Waals surface area contributed by atoms with Crippen molar-refractivity contribution in [2.24, 2.45) is 4.99 Å². The normalized spacial score (nSPS) is 16.8. The topological polar surface area (TPSA) is 225 Å². The van der Waals surface area contributed by atoms with Crippen LogP contribution < -0.4 is 27.7 Å². The smallest absolute Gasteiger partial charge is 0.430 e. The molecule has 1 aromatic heterocycles. The highest BCUT2D eigenvalue weighted by Gasteiger charge is 2.32. The predicted molar refractivity (Wildman–Crippen MR) is 166 cm³/mol. The number of aromatic nitrogens is 3. The Hall–Kier alpha value is -4.73. The molecule has 266 valence electrons. The second-order valence-electron chi connectivity index (χ2n) is 11.4. The van der Waals surface area contributed by atoms with Gasteiger partial charge in [-0.3, -0.25) is 9.59 Å². The number of ether oxygens (including phenoxy) is 4. The summed E-state index contributed by atoms with van der Waals surface area (Å²) in [5.74, 6) is -0.861. The van der Waals surface area contributed by atoms with Gasteiger partial charge in [-0.05, 0) is 38.5 Å². The van der Waals surface area contributed by atoms with Gasteiger partial charge in [-0.1, -0.05) is 38.5 Å². The Labute approximate surface area is 275 Å². The van der Waals surface area contributed by atoms with Crippen molar-refractivity contribution >= 4 is 30.2 Å². The van der Waals surface area contributed by atoms with E-state index >= 15 is 0 Å². The summed E-state index contributed by atoms with van der Waals surface area (Å²) in [6, 6.07) is 0. The SMILES string of the molecule is O=C=NCCCCCCn1c(=O)n(CCCCCCNC(=O)C2COC(=O)O2)c(=O)n(CCCCCCNC(=O)C2COC(=O)O2)c1=O. The van der Waals surface area contributed by atoms with Crippen LogP contribution in [-0.2, 0) is 53.0 Å². The fourth-order valence-corrected chi connectivity index (χ4v) is 5.18. The quantitative estimate of drug-likeness (QED) is 0.0697. The summed E-state index contributed by atoms with van der Waals surface area (Å²) in [5, 5.41) is 5.36. The number of carbonyl (C=O) groups is 4. The minimum Gasteiger partial charge on any atom is -0.430 e. The minimum absolute atomic E-state index is 0.118. The molecule has 0 aliphatic carbocycles. The third-order valence-corrected chi connectivity index (χ3v) is 7.83. The van der Waals surface area contributed by atoms with Crippen molar-refractivity contribution in [1.29, 1.82) is 0 Å². The van der Waals surface area contributed by atoms with Crippen LogP contribution in [-0.4, -0.2) is 89.0 Å². The molecule has 2 fully saturated rings. The Morgan fingerprint density at radius 2 is 0.979 bits per heavy atom. The van der Waals surface area contributed by atoms with E-state index in [0.29, 0.717) is 90.3 Å². The molecule has 0 radical (unpaired) electrons. The van der Waals surface area contributed by atoms with Crippen molar-refractivity contribution in [3.63, 3.8) is 0 Å². The first-order valence-corrected chi connectivity index (χ1v) is 16.4. The number of unbranched alkanes of at least 4 members (excludes halogenated alkanes) is 9. The van der Waals surface area contributed by atoms with Crippen molar-refractivity contribution in [3.05, 3.63) is 31.5 Å². The van der Waals surface area contributed by atoms with Crippen molar-refractivity contribution in [2.75, 3.05) is 32.8 Å². The first kappa shape index (κ1) is 37.7. The maximum absolute atomic E-state index is 13.3. The number of carbonyl (C=O) groups excluding carboxylic acids is 5. The van der Waals surface area contributed by atoms with Crippen LogP contribution in [0.25, 0.3) is 0 Å². The Balaban J connectivity index is 1.49. The van der Waals surface area contributed by atoms with Crippen molar-refractivity contribution in [1.82, 2.24) is 24.3 Å². The number of amides is 2. The van der Waals surface area contributed by atoms with Crippen molar-refractivity contribution in [3.8, 4) is 0 Å². The lowest BCUT2D eigenvalue weighted by atomic mass is 10.2. The van der Waals surface area contributed by atoms with Gasteiger partial charge in [0.25, 0.3) is 11.8 Å². The Bertz CT molecular complexity index is 1390. The number of cyclic esters (lactones) is 4. The van der Waals surface area contributed by atoms with Crippen LogP contribution in [0.2, 0.25) is 0 Å². The summed E-state index contributed by atoms with van der Waals surface area (Å²) in [5.41, 5.74) is -1.96. The molecule has 1 aromatic rings. The number of rotatable bonds is 23. The van der Waals surface area contributed by atoms with Crippen molar-refractivity contribution < 1.29 is 42.9 Å². The molecule has 0 spiro atoms. The number of isocyanates is 1. The van der Waals surface area contributed by atoms with Gasteiger partial charge in [0.1, 0.15) is 13.2 Å². The largest absolute Gasteiger partial charge is 0.509 e. The monoisotopic (exact) mass is 680 g/mol. The van der Waals surface area contributed by atoms with E-state index in [2.05, 4.69) is 25.1 Å². The van der Waals surface area contributed by atoms with Gasteiger partial charge in [0, 0.05) is 32.7 Å². The lowest BCUT2D eigenvalue weighted by molar-refractivity contribution is -0.128. The van der Waals surface area contributed by atoms with Crippen LogP contribution in [0.5, 0.6) is 0 Å². The molecule has 2 aliphatic heterocycles. The van der Waals surface area contributed by atoms with E-state index in [1.54, 1.807) is 0 Å². The fourth-order valence-electron chi connectivity index (χ4n) is 5.18. The Kier molecular flexibility index (Phi) is 16.1. The molecular weight excluding hydrogens is 636 g/mol. The minimum atomic E-state index is -0.951. The maximum Gasteiger partial charge on any atom is 0.509 e. The highest BCUT2D eigenvalue weighted by Crippen LogP contribution is 2.08. The van der Waals surface area contributed by atoms with E-state index < -0.39 is 53.4 Å². The highest BCUT2D eigenvalue weighted by atomic mass is 16.8. The highest BCUT2D eigenvalue weighted by molar-refractivity contribution is 5.84. The fraction of sp³-hybridized carbons (Fsp3) is 0.733. The van der Waals surface area contributed by atoms with Crippen molar-refractivity contribution in [2.45, 2.75) is 109 Å². The van der Waals surface area contributed by atoms with E-state index in [9.17, 15) is 38.4 Å². The molecular formula is C30H44N6O12. The number of nitrogens with zero attached hydrogens (tertiary/aromatic N) is 4. The molecule has 2 amide bonds. The molecule has 48 heavy (non-hydrogen) atoms. The average molecular weight is 681 g/mol. The zero-order valence-electron chi connectivity index (χ0n) is 27.0. The molecule has 2 atom stereocenters. The summed E-state index contributed by atoms with van der Waals surface area (Å²) >= 11 is 0. The van der Waals surface area contributed by atoms with Crippen LogP contribution in [0.4, 0.5) is 9.59 Å². The molecule has 0 aromatic carbocycles. The molecule has 2 aliphatic rings. The van der Waals surface area contributed by atoms with Gasteiger partial charge in [0.05, 0.1) is 6.54 Å². The average Bonchev–Trinajstić information content (AvgIpc) is 3.71. The van der Waals surface area contributed by atoms with Gasteiger partial charge in [-0.15, -0.1) is 0 Å². The molecule has 2 N–H and O–H groups in total. The predicted octanol–water partition coefficient (Wildman–Crippen LogP) is 0.492. The van der Waals surface area contributed by atoms with E-state index in [1.165, 1.54) is 6.08 Å². The second kappa shape index (κ2) is 20.5. The van der Waals surface area contributed by atoms with Gasteiger partial charge >= 0.3 is 29.4 Å². The molecule has 2 saturated heterocycles. The number of hydrogen-bond acceptors (Lipinski definition) is 13. The summed E-state index contributed by atoms with van der Waals surface area (Å²) in [4.78, 5) is 99.5. The molecule has 2 unspecified atom stereocenters. The zero-order valence-corrected chi connectivity index (χ0v) is 27.0. The first-order chi connectivity index (χ1) is 23.2. The zero-order chi connectivity index (χ0) is 34.7. The lowest BCUT2D eigenvalue weighted by Crippen LogP contribution is -2.54. The maximum atomic E-state index is 13.3. The summed E-state index contributed by atoms with van der Waals surface area (Å²) in [6.45, 7) is 1.27. The van der Waals surface area contributed by atoms with Gasteiger partial charge < -0.3 is 29.6 Å². The Morgan fingerprint density at radius 1 is 0.604 bits per heavy atom. The van der Waals surface area contributed by atoms with Gasteiger partial charge in [-0.25, -0.2) is 47.5 Å². The lowest BCUT2D eigenvalue weighted by Gasteiger charge is -2.14. The third kappa shape index (κ3) is 12.1. The molecule has 3 heterocycles. The van der Waals surface area contributed by atoms with Crippen LogP contribution in [0.15, 0.2) is 19.4 Å². The summed E-state index contributed by atoms with van der Waals surface area (Å²) in [7, 11) is 0. The molecule has 0 bridgehead atoms. The first-order valence-electron chi connectivity index (χ1n) is 16.4. The Morgan fingerprint density at radius 3 is 1.33 bits per heavy atom. The number of hydrogen-bond donors (Lipinski definition) is 2. The van der Waals surface area contributed by atoms with E-state index in [1.807, 2.05) is 0 Å². The van der Waals surface area contributed by atoms with Gasteiger partial charge in [0.2, 0.25) is 18.3 Å². The molecule has 3 rings (SSSR count). The molecule has 18 nitrogen and oxygen atoms in total. The van der Waals surface area contributed by atoms with E-state index in [-0.39, 0.29) is 32.8 Å². The van der Waals surface area contributed by atoms with Gasteiger partial charge in [0.15, 0.2) is 0 Å². The van der Waals surface area contributed by atoms with Crippen LogP contribution >= 0.6 is 0 Å². The molecule has 18 heteroatoms. The van der Waals surface area contributed by atoms with Crippen LogP contribution in [0.1, 0.15) is 77.0 Å². The summed E-state index contributed by atoms with van der Waals surface area (Å²) < 4.78 is 22.0. The number of nitrogens with one attached hydrogen (secondary N) is 2. The summed E-state index contributed by atoms with van der Waals surface area (Å²) in [6.07, 6.45) is 5.56. The van der Waals surface area contributed by atoms with Crippen LogP contribution in [0, 0.1) is 0 Å². The number of aliphatic imine (C=N–C) groups is 1. The molecule has 0 saturated carbocycles. The second-order valence-corrected chi connectivity index (χ2v) is 11.4. The van der Waals surface area contributed by atoms with E-state index in [4.69, 9.17) is 9.47 Å². The van der Waals surface area contributed by atoms with E-state index in [0.717, 1.165) is 20.1 Å². The van der Waals surface area contributed by atoms with Crippen LogP contribution in [0.3, 0.4) is 0 Å².